The summed E-state index contributed by atoms with van der Waals surface area (Å²) in [5.74, 6) is 0.967. The van der Waals surface area contributed by atoms with Crippen molar-refractivity contribution in [1.82, 2.24) is 10.1 Å². The minimum atomic E-state index is -0.629. The first-order chi connectivity index (χ1) is 7.60. The monoisotopic (exact) mass is 229 g/mol. The molecule has 0 aliphatic rings. The summed E-state index contributed by atoms with van der Waals surface area (Å²) < 4.78 is 10.5. The highest BCUT2D eigenvalue weighted by molar-refractivity contribution is 4.96. The smallest absolute Gasteiger partial charge is 0.246 e. The molecule has 92 valence electrons. The van der Waals surface area contributed by atoms with Gasteiger partial charge >= 0.3 is 0 Å². The van der Waals surface area contributed by atoms with Crippen LogP contribution in [0.4, 0.5) is 0 Å². The summed E-state index contributed by atoms with van der Waals surface area (Å²) in [6.45, 7) is 6.31. The number of rotatable bonds is 6. The van der Waals surface area contributed by atoms with Crippen LogP contribution in [0.1, 0.15) is 44.6 Å². The molecule has 0 fully saturated rings. The Hall–Kier alpha value is -0.980. The Balaban J connectivity index is 2.81. The Labute approximate surface area is 94.8 Å². The molecular weight excluding hydrogens is 210 g/mol. The zero-order valence-corrected chi connectivity index (χ0v) is 9.88. The van der Waals surface area contributed by atoms with Crippen LogP contribution in [0.2, 0.25) is 0 Å². The van der Waals surface area contributed by atoms with E-state index in [-0.39, 0.29) is 24.5 Å². The SMILES string of the molecule is CCOC(c1noc([C@H](N)CO)n1)C(C)C. The average Bonchev–Trinajstić information content (AvgIpc) is 2.73. The van der Waals surface area contributed by atoms with Crippen LogP contribution < -0.4 is 5.73 Å². The number of nitrogens with zero attached hydrogens (tertiary/aromatic N) is 2. The van der Waals surface area contributed by atoms with E-state index in [9.17, 15) is 0 Å². The van der Waals surface area contributed by atoms with Gasteiger partial charge in [-0.3, -0.25) is 0 Å². The molecule has 6 heteroatoms. The molecular formula is C10H19N3O3. The zero-order chi connectivity index (χ0) is 12.1. The maximum absolute atomic E-state index is 8.86. The lowest BCUT2D eigenvalue weighted by atomic mass is 10.1. The van der Waals surface area contributed by atoms with Crippen molar-refractivity contribution in [2.75, 3.05) is 13.2 Å². The maximum Gasteiger partial charge on any atom is 0.246 e. The van der Waals surface area contributed by atoms with E-state index < -0.39 is 6.04 Å². The second-order valence-corrected chi connectivity index (χ2v) is 3.90. The molecule has 1 rings (SSSR count). The third-order valence-electron chi connectivity index (χ3n) is 2.18. The molecule has 0 saturated carbocycles. The van der Waals surface area contributed by atoms with Crippen molar-refractivity contribution in [2.24, 2.45) is 11.7 Å². The second-order valence-electron chi connectivity index (χ2n) is 3.90. The van der Waals surface area contributed by atoms with Gasteiger partial charge in [-0.1, -0.05) is 19.0 Å². The first kappa shape index (κ1) is 13.1. The standard InChI is InChI=1S/C10H19N3O3/c1-4-15-8(6(2)3)9-12-10(16-13-9)7(11)5-14/h6-8,14H,4-5,11H2,1-3H3/t7-,8?/m1/s1. The van der Waals surface area contributed by atoms with Crippen LogP contribution >= 0.6 is 0 Å². The molecule has 0 amide bonds. The highest BCUT2D eigenvalue weighted by Gasteiger charge is 2.23. The number of aromatic nitrogens is 2. The first-order valence-electron chi connectivity index (χ1n) is 5.41. The molecule has 6 nitrogen and oxygen atoms in total. The largest absolute Gasteiger partial charge is 0.394 e. The molecule has 0 aromatic carbocycles. The number of hydrogen-bond acceptors (Lipinski definition) is 6. The Morgan fingerprint density at radius 1 is 1.50 bits per heavy atom. The molecule has 0 aliphatic carbocycles. The van der Waals surface area contributed by atoms with Crippen molar-refractivity contribution in [2.45, 2.75) is 32.9 Å². The molecule has 0 aliphatic heterocycles. The first-order valence-corrected chi connectivity index (χ1v) is 5.41. The van der Waals surface area contributed by atoms with Gasteiger partial charge in [-0.2, -0.15) is 4.98 Å². The van der Waals surface area contributed by atoms with Gasteiger partial charge in [-0.15, -0.1) is 0 Å². The fraction of sp³-hybridized carbons (Fsp3) is 0.800. The lowest BCUT2D eigenvalue weighted by Gasteiger charge is -2.16. The minimum absolute atomic E-state index is 0.201. The summed E-state index contributed by atoms with van der Waals surface area (Å²) in [7, 11) is 0. The molecule has 16 heavy (non-hydrogen) atoms. The Kier molecular flexibility index (Phi) is 4.85. The molecule has 1 aromatic rings. The van der Waals surface area contributed by atoms with Crippen LogP contribution in [-0.2, 0) is 4.74 Å². The number of aliphatic hydroxyl groups is 1. The van der Waals surface area contributed by atoms with E-state index >= 15 is 0 Å². The van der Waals surface area contributed by atoms with Crippen molar-refractivity contribution in [1.29, 1.82) is 0 Å². The third-order valence-corrected chi connectivity index (χ3v) is 2.18. The van der Waals surface area contributed by atoms with Gasteiger partial charge < -0.3 is 20.1 Å². The van der Waals surface area contributed by atoms with Gasteiger partial charge in [-0.05, 0) is 12.8 Å². The van der Waals surface area contributed by atoms with Gasteiger partial charge in [0.2, 0.25) is 11.7 Å². The third kappa shape index (κ3) is 3.01. The van der Waals surface area contributed by atoms with Crippen molar-refractivity contribution in [3.05, 3.63) is 11.7 Å². The normalized spacial score (nSPS) is 15.4. The average molecular weight is 229 g/mol. The Bertz CT molecular complexity index is 314. The van der Waals surface area contributed by atoms with Crippen molar-refractivity contribution < 1.29 is 14.4 Å². The number of aliphatic hydroxyl groups excluding tert-OH is 1. The highest BCUT2D eigenvalue weighted by atomic mass is 16.5. The van der Waals surface area contributed by atoms with Crippen LogP contribution in [0, 0.1) is 5.92 Å². The summed E-state index contributed by atoms with van der Waals surface area (Å²) in [5, 5.41) is 12.7. The molecule has 1 heterocycles. The van der Waals surface area contributed by atoms with E-state index in [2.05, 4.69) is 10.1 Å². The minimum Gasteiger partial charge on any atom is -0.394 e. The molecule has 2 atom stereocenters. The van der Waals surface area contributed by atoms with Gasteiger partial charge in [0.15, 0.2) is 0 Å². The molecule has 0 bridgehead atoms. The fourth-order valence-electron chi connectivity index (χ4n) is 1.34. The van der Waals surface area contributed by atoms with E-state index in [0.717, 1.165) is 0 Å². The quantitative estimate of drug-likeness (QED) is 0.749. The molecule has 1 unspecified atom stereocenters. The second kappa shape index (κ2) is 5.93. The summed E-state index contributed by atoms with van der Waals surface area (Å²) in [4.78, 5) is 4.13. The maximum atomic E-state index is 8.86. The van der Waals surface area contributed by atoms with Crippen LogP contribution in [0.25, 0.3) is 0 Å². The van der Waals surface area contributed by atoms with E-state index in [0.29, 0.717) is 12.4 Å². The van der Waals surface area contributed by atoms with E-state index in [1.807, 2.05) is 20.8 Å². The molecule has 0 spiro atoms. The lowest BCUT2D eigenvalue weighted by molar-refractivity contribution is 0.0217. The molecule has 1 aromatic heterocycles. The number of ether oxygens (including phenoxy) is 1. The zero-order valence-electron chi connectivity index (χ0n) is 9.88. The fourth-order valence-corrected chi connectivity index (χ4v) is 1.34. The van der Waals surface area contributed by atoms with Crippen LogP contribution in [0.15, 0.2) is 4.52 Å². The van der Waals surface area contributed by atoms with Crippen LogP contribution in [-0.4, -0.2) is 28.5 Å². The van der Waals surface area contributed by atoms with Crippen molar-refractivity contribution in [3.63, 3.8) is 0 Å². The Morgan fingerprint density at radius 3 is 2.69 bits per heavy atom. The molecule has 0 saturated heterocycles. The van der Waals surface area contributed by atoms with E-state index in [1.165, 1.54) is 0 Å². The number of hydrogen-bond donors (Lipinski definition) is 2. The number of nitrogens with two attached hydrogens (primary N) is 1. The summed E-state index contributed by atoms with van der Waals surface area (Å²) in [6.07, 6.45) is -0.201. The predicted molar refractivity (Wildman–Crippen MR) is 57.5 cm³/mol. The predicted octanol–water partition coefficient (Wildman–Crippen LogP) is 0.795. The van der Waals surface area contributed by atoms with Crippen LogP contribution in [0.3, 0.4) is 0 Å². The molecule has 0 radical (unpaired) electrons. The van der Waals surface area contributed by atoms with E-state index in [4.69, 9.17) is 20.1 Å². The highest BCUT2D eigenvalue weighted by Crippen LogP contribution is 2.23. The van der Waals surface area contributed by atoms with E-state index in [1.54, 1.807) is 0 Å². The topological polar surface area (TPSA) is 94.4 Å². The van der Waals surface area contributed by atoms with Gasteiger partial charge in [0.1, 0.15) is 12.1 Å². The van der Waals surface area contributed by atoms with Crippen molar-refractivity contribution >= 4 is 0 Å². The van der Waals surface area contributed by atoms with Crippen LogP contribution in [0.5, 0.6) is 0 Å². The summed E-state index contributed by atoms with van der Waals surface area (Å²) >= 11 is 0. The van der Waals surface area contributed by atoms with Gasteiger partial charge in [0, 0.05) is 6.61 Å². The Morgan fingerprint density at radius 2 is 2.19 bits per heavy atom. The summed E-state index contributed by atoms with van der Waals surface area (Å²) in [6, 6.07) is -0.629. The van der Waals surface area contributed by atoms with Gasteiger partial charge in [0.25, 0.3) is 0 Å². The molecule has 3 N–H and O–H groups in total. The lowest BCUT2D eigenvalue weighted by Crippen LogP contribution is -2.16. The van der Waals surface area contributed by atoms with Crippen molar-refractivity contribution in [3.8, 4) is 0 Å². The van der Waals surface area contributed by atoms with Gasteiger partial charge in [-0.25, -0.2) is 0 Å². The van der Waals surface area contributed by atoms with Gasteiger partial charge in [0.05, 0.1) is 6.61 Å². The summed E-state index contributed by atoms with van der Waals surface area (Å²) in [5.41, 5.74) is 5.57.